The van der Waals surface area contributed by atoms with Gasteiger partial charge in [0.25, 0.3) is 0 Å². The fraction of sp³-hybridized carbons (Fsp3) is 0.231. The number of rotatable bonds is 9. The summed E-state index contributed by atoms with van der Waals surface area (Å²) in [6, 6.07) is 13.7. The molecule has 1 atom stereocenters. The summed E-state index contributed by atoms with van der Waals surface area (Å²) in [5.41, 5.74) is 1.22. The lowest BCUT2D eigenvalue weighted by molar-refractivity contribution is 0.103. The molecule has 3 rings (SSSR count). The first-order valence-corrected chi connectivity index (χ1v) is 11.9. The second-order valence-electron chi connectivity index (χ2n) is 7.46. The molecule has 0 amide bonds. The molecular formula is C26H27O7P. The maximum Gasteiger partial charge on any atom is 0.230 e. The van der Waals surface area contributed by atoms with Gasteiger partial charge in [0, 0.05) is 22.3 Å². The van der Waals surface area contributed by atoms with Crippen LogP contribution in [0.4, 0.5) is 0 Å². The molecule has 3 aromatic carbocycles. The van der Waals surface area contributed by atoms with Gasteiger partial charge in [-0.1, -0.05) is 36.4 Å². The summed E-state index contributed by atoms with van der Waals surface area (Å²) >= 11 is 0. The van der Waals surface area contributed by atoms with Gasteiger partial charge in [0.1, 0.15) is 33.9 Å². The number of carbonyl (C=O) groups is 2. The van der Waals surface area contributed by atoms with Crippen LogP contribution in [-0.4, -0.2) is 39.7 Å². The summed E-state index contributed by atoms with van der Waals surface area (Å²) in [4.78, 5) is 26.8. The van der Waals surface area contributed by atoms with Crippen molar-refractivity contribution < 1.29 is 33.1 Å². The molecule has 0 aliphatic rings. The Morgan fingerprint density at radius 2 is 1.18 bits per heavy atom. The van der Waals surface area contributed by atoms with Gasteiger partial charge in [-0.25, -0.2) is 0 Å². The first-order chi connectivity index (χ1) is 16.3. The van der Waals surface area contributed by atoms with Gasteiger partial charge >= 0.3 is 0 Å². The second kappa shape index (κ2) is 10.6. The molecule has 0 heterocycles. The summed E-state index contributed by atoms with van der Waals surface area (Å²) in [7, 11) is 2.44. The minimum Gasteiger partial charge on any atom is -0.496 e. The van der Waals surface area contributed by atoms with E-state index in [1.54, 1.807) is 56.3 Å². The van der Waals surface area contributed by atoms with Crippen molar-refractivity contribution in [3.05, 3.63) is 76.3 Å². The lowest BCUT2D eigenvalue weighted by Crippen LogP contribution is -2.19. The number of benzene rings is 3. The van der Waals surface area contributed by atoms with Crippen LogP contribution in [0.5, 0.6) is 23.0 Å². The van der Waals surface area contributed by atoms with E-state index >= 15 is 0 Å². The van der Waals surface area contributed by atoms with Crippen molar-refractivity contribution in [2.75, 3.05) is 28.4 Å². The predicted octanol–water partition coefficient (Wildman–Crippen LogP) is 4.59. The summed E-state index contributed by atoms with van der Waals surface area (Å²) in [5, 5.41) is 0.118. The summed E-state index contributed by atoms with van der Waals surface area (Å²) < 4.78 is 35.6. The minimum absolute atomic E-state index is 0.0697. The van der Waals surface area contributed by atoms with Crippen LogP contribution in [0.15, 0.2) is 48.5 Å². The lowest BCUT2D eigenvalue weighted by Gasteiger charge is -2.21. The molecule has 0 saturated carbocycles. The molecule has 8 heteroatoms. The van der Waals surface area contributed by atoms with Crippen LogP contribution < -0.4 is 24.3 Å². The van der Waals surface area contributed by atoms with Gasteiger partial charge in [-0.2, -0.15) is 0 Å². The molecule has 0 saturated heterocycles. The summed E-state index contributed by atoms with van der Waals surface area (Å²) in [5.74, 6) is 0.603. The molecular weight excluding hydrogens is 455 g/mol. The fourth-order valence-corrected chi connectivity index (χ4v) is 5.77. The molecule has 0 bridgehead atoms. The predicted molar refractivity (Wildman–Crippen MR) is 131 cm³/mol. The average molecular weight is 482 g/mol. The van der Waals surface area contributed by atoms with E-state index in [1.165, 1.54) is 28.4 Å². The zero-order valence-corrected chi connectivity index (χ0v) is 21.0. The smallest absolute Gasteiger partial charge is 0.230 e. The minimum atomic E-state index is -3.21. The Balaban J connectivity index is 2.25. The highest BCUT2D eigenvalue weighted by Gasteiger charge is 2.33. The lowest BCUT2D eigenvalue weighted by atomic mass is 9.93. The number of ketones is 1. The standard InChI is InChI=1S/C26H27O7P/c1-15-20(22(27)17-11-8-7-9-12-17)16(2)24(33-6)25(23(15)32-5)34(29)26(28)21-18(30-3)13-10-14-19(21)31-4/h7-14,34H,1-6H3. The number of methoxy groups -OCH3 is 4. The van der Waals surface area contributed by atoms with Gasteiger partial charge in [0.2, 0.25) is 5.52 Å². The van der Waals surface area contributed by atoms with Crippen molar-refractivity contribution in [3.63, 3.8) is 0 Å². The van der Waals surface area contributed by atoms with Gasteiger partial charge in [-0.05, 0) is 26.0 Å². The Morgan fingerprint density at radius 1 is 0.676 bits per heavy atom. The van der Waals surface area contributed by atoms with Gasteiger partial charge < -0.3 is 23.5 Å². The Kier molecular flexibility index (Phi) is 7.79. The van der Waals surface area contributed by atoms with E-state index in [0.717, 1.165) is 0 Å². The first kappa shape index (κ1) is 25.1. The molecule has 34 heavy (non-hydrogen) atoms. The number of hydrogen-bond donors (Lipinski definition) is 0. The topological polar surface area (TPSA) is 88.1 Å². The van der Waals surface area contributed by atoms with Crippen molar-refractivity contribution in [1.82, 2.24) is 0 Å². The molecule has 0 aromatic heterocycles. The second-order valence-corrected chi connectivity index (χ2v) is 9.07. The van der Waals surface area contributed by atoms with E-state index in [1.807, 2.05) is 6.07 Å². The molecule has 1 unspecified atom stereocenters. The Morgan fingerprint density at radius 3 is 1.62 bits per heavy atom. The van der Waals surface area contributed by atoms with Gasteiger partial charge in [-0.3, -0.25) is 9.59 Å². The Hall–Kier alpha value is -3.57. The third-order valence-electron chi connectivity index (χ3n) is 5.64. The molecule has 0 radical (unpaired) electrons. The van der Waals surface area contributed by atoms with Crippen molar-refractivity contribution in [3.8, 4) is 23.0 Å². The molecule has 0 N–H and O–H groups in total. The highest BCUT2D eigenvalue weighted by molar-refractivity contribution is 7.72. The number of hydrogen-bond acceptors (Lipinski definition) is 7. The number of ether oxygens (including phenoxy) is 4. The van der Waals surface area contributed by atoms with E-state index in [4.69, 9.17) is 18.9 Å². The highest BCUT2D eigenvalue weighted by atomic mass is 31.1. The maximum absolute atomic E-state index is 13.8. The summed E-state index contributed by atoms with van der Waals surface area (Å²) in [6.07, 6.45) is 0. The monoisotopic (exact) mass is 482 g/mol. The summed E-state index contributed by atoms with van der Waals surface area (Å²) in [6.45, 7) is 3.41. The SMILES string of the molecule is COc1cccc(OC)c1C(=O)[PH](=O)c1c(OC)c(C)c(C(=O)c2ccccc2)c(C)c1OC. The first-order valence-electron chi connectivity index (χ1n) is 10.5. The highest BCUT2D eigenvalue weighted by Crippen LogP contribution is 2.44. The van der Waals surface area contributed by atoms with Crippen LogP contribution >= 0.6 is 7.80 Å². The Labute approximate surface area is 199 Å². The molecule has 7 nitrogen and oxygen atoms in total. The van der Waals surface area contributed by atoms with E-state index in [-0.39, 0.29) is 39.6 Å². The van der Waals surface area contributed by atoms with Gasteiger partial charge in [0.05, 0.1) is 28.4 Å². The van der Waals surface area contributed by atoms with E-state index < -0.39 is 13.3 Å². The van der Waals surface area contributed by atoms with Gasteiger partial charge in [-0.15, -0.1) is 0 Å². The van der Waals surface area contributed by atoms with Crippen molar-refractivity contribution in [1.29, 1.82) is 0 Å². The fourth-order valence-electron chi connectivity index (χ4n) is 4.08. The third kappa shape index (κ3) is 4.31. The molecule has 0 fully saturated rings. The van der Waals surface area contributed by atoms with Crippen LogP contribution in [0.3, 0.4) is 0 Å². The van der Waals surface area contributed by atoms with E-state index in [0.29, 0.717) is 22.3 Å². The molecule has 3 aromatic rings. The molecule has 0 aliphatic heterocycles. The zero-order chi connectivity index (χ0) is 25.0. The normalized spacial score (nSPS) is 11.5. The van der Waals surface area contributed by atoms with Crippen LogP contribution in [0.2, 0.25) is 0 Å². The Bertz CT molecular complexity index is 1210. The van der Waals surface area contributed by atoms with Gasteiger partial charge in [0.15, 0.2) is 13.6 Å². The third-order valence-corrected chi connectivity index (χ3v) is 7.22. The molecule has 178 valence electrons. The van der Waals surface area contributed by atoms with Crippen molar-refractivity contribution in [2.45, 2.75) is 13.8 Å². The zero-order valence-electron chi connectivity index (χ0n) is 20.0. The van der Waals surface area contributed by atoms with Crippen LogP contribution in [0, 0.1) is 13.8 Å². The maximum atomic E-state index is 13.8. The van der Waals surface area contributed by atoms with Crippen LogP contribution in [0.25, 0.3) is 0 Å². The van der Waals surface area contributed by atoms with Crippen LogP contribution in [-0.2, 0) is 4.57 Å². The largest absolute Gasteiger partial charge is 0.496 e. The molecule has 0 aliphatic carbocycles. The van der Waals surface area contributed by atoms with E-state index in [9.17, 15) is 14.2 Å². The van der Waals surface area contributed by atoms with Crippen molar-refractivity contribution >= 4 is 24.4 Å². The quantitative estimate of drug-likeness (QED) is 0.326. The van der Waals surface area contributed by atoms with Crippen molar-refractivity contribution in [2.24, 2.45) is 0 Å². The molecule has 0 spiro atoms. The van der Waals surface area contributed by atoms with E-state index in [2.05, 4.69) is 0 Å². The number of carbonyl (C=O) groups excluding carboxylic acids is 2. The van der Waals surface area contributed by atoms with Crippen LogP contribution in [0.1, 0.15) is 37.4 Å². The average Bonchev–Trinajstić information content (AvgIpc) is 2.87.